The van der Waals surface area contributed by atoms with Crippen LogP contribution in [0.2, 0.25) is 0 Å². The molecule has 1 unspecified atom stereocenters. The minimum atomic E-state index is -4.96. The number of hydrogen-bond donors (Lipinski definition) is 1. The molecule has 1 aliphatic rings. The van der Waals surface area contributed by atoms with Crippen molar-refractivity contribution in [3.63, 3.8) is 0 Å². The Labute approximate surface area is 208 Å². The van der Waals surface area contributed by atoms with E-state index in [1.54, 1.807) is 44.2 Å². The Hall–Kier alpha value is -3.54. The molecule has 3 aromatic rings. The molecule has 0 bridgehead atoms. The van der Waals surface area contributed by atoms with E-state index in [0.29, 0.717) is 29.2 Å². The highest BCUT2D eigenvalue weighted by Crippen LogP contribution is 2.37. The SMILES string of the molecule is Cc1noc(C)c1CN1CC(COCc2cc(C(F)(F)F)cc(C(F)(F)F)c2)(c2ccccc2)NC1=O. The van der Waals surface area contributed by atoms with Crippen molar-refractivity contribution in [3.8, 4) is 0 Å². The number of carbonyl (C=O) groups excluding carboxylic acids is 1. The Morgan fingerprint density at radius 2 is 1.65 bits per heavy atom. The van der Waals surface area contributed by atoms with Crippen LogP contribution in [0.15, 0.2) is 53.1 Å². The Balaban J connectivity index is 1.57. The number of aromatic nitrogens is 1. The van der Waals surface area contributed by atoms with Gasteiger partial charge in [-0.15, -0.1) is 0 Å². The summed E-state index contributed by atoms with van der Waals surface area (Å²) in [5, 5.41) is 6.79. The standard InChI is InChI=1S/C25H23F6N3O3/c1-15-21(16(2)37-33-15)11-34-13-23(32-22(34)35,18-6-4-3-5-7-18)14-36-12-17-8-19(24(26,27)28)10-20(9-17)25(29,30)31/h3-10H,11-14H2,1-2H3,(H,32,35). The highest BCUT2D eigenvalue weighted by atomic mass is 19.4. The van der Waals surface area contributed by atoms with Crippen LogP contribution >= 0.6 is 0 Å². The number of carbonyl (C=O) groups is 1. The molecule has 0 spiro atoms. The van der Waals surface area contributed by atoms with Gasteiger partial charge in [0.15, 0.2) is 0 Å². The highest BCUT2D eigenvalue weighted by molar-refractivity contribution is 5.78. The molecule has 1 saturated heterocycles. The average Bonchev–Trinajstić information content (AvgIpc) is 3.32. The molecule has 6 nitrogen and oxygen atoms in total. The summed E-state index contributed by atoms with van der Waals surface area (Å²) >= 11 is 0. The van der Waals surface area contributed by atoms with E-state index in [-0.39, 0.29) is 31.3 Å². The topological polar surface area (TPSA) is 67.6 Å². The van der Waals surface area contributed by atoms with Gasteiger partial charge in [-0.1, -0.05) is 35.5 Å². The molecule has 1 aromatic heterocycles. The molecular formula is C25H23F6N3O3. The molecule has 2 aromatic carbocycles. The summed E-state index contributed by atoms with van der Waals surface area (Å²) in [5.74, 6) is 0.559. The van der Waals surface area contributed by atoms with Crippen LogP contribution in [0.5, 0.6) is 0 Å². The van der Waals surface area contributed by atoms with Crippen molar-refractivity contribution in [2.45, 2.75) is 44.9 Å². The quantitative estimate of drug-likeness (QED) is 0.385. The number of aryl methyl sites for hydroxylation is 2. The van der Waals surface area contributed by atoms with Gasteiger partial charge < -0.3 is 19.5 Å². The Kier molecular flexibility index (Phi) is 6.97. The Bertz CT molecular complexity index is 1220. The van der Waals surface area contributed by atoms with Gasteiger partial charge in [-0.3, -0.25) is 0 Å². The molecule has 198 valence electrons. The van der Waals surface area contributed by atoms with E-state index in [9.17, 15) is 31.1 Å². The number of nitrogens with one attached hydrogen (secondary N) is 1. The van der Waals surface area contributed by atoms with Crippen LogP contribution in [-0.4, -0.2) is 29.2 Å². The number of alkyl halides is 6. The Morgan fingerprint density at radius 1 is 1.03 bits per heavy atom. The van der Waals surface area contributed by atoms with Crippen molar-refractivity contribution in [3.05, 3.63) is 87.8 Å². The van der Waals surface area contributed by atoms with Crippen LogP contribution in [0.3, 0.4) is 0 Å². The molecule has 0 aliphatic carbocycles. The van der Waals surface area contributed by atoms with Crippen molar-refractivity contribution in [2.24, 2.45) is 0 Å². The van der Waals surface area contributed by atoms with E-state index in [1.165, 1.54) is 4.90 Å². The van der Waals surface area contributed by atoms with Crippen LogP contribution in [0, 0.1) is 13.8 Å². The fourth-order valence-corrected chi connectivity index (χ4v) is 4.30. The number of rotatable bonds is 7. The fourth-order valence-electron chi connectivity index (χ4n) is 4.30. The molecule has 2 amide bonds. The van der Waals surface area contributed by atoms with Gasteiger partial charge in [0.05, 0.1) is 43.1 Å². The summed E-state index contributed by atoms with van der Waals surface area (Å²) in [6.45, 7) is 3.08. The molecule has 0 saturated carbocycles. The predicted molar refractivity (Wildman–Crippen MR) is 119 cm³/mol. The second kappa shape index (κ2) is 9.73. The summed E-state index contributed by atoms with van der Waals surface area (Å²) in [5.41, 5.74) is -2.18. The first-order valence-corrected chi connectivity index (χ1v) is 11.2. The summed E-state index contributed by atoms with van der Waals surface area (Å²) in [6.07, 6.45) is -9.92. The summed E-state index contributed by atoms with van der Waals surface area (Å²) in [4.78, 5) is 14.4. The van der Waals surface area contributed by atoms with Crippen molar-refractivity contribution in [2.75, 3.05) is 13.2 Å². The third kappa shape index (κ3) is 5.74. The van der Waals surface area contributed by atoms with Crippen molar-refractivity contribution in [1.82, 2.24) is 15.4 Å². The van der Waals surface area contributed by atoms with Gasteiger partial charge in [0, 0.05) is 5.56 Å². The third-order valence-corrected chi connectivity index (χ3v) is 6.22. The van der Waals surface area contributed by atoms with Crippen molar-refractivity contribution >= 4 is 6.03 Å². The second-order valence-corrected chi connectivity index (χ2v) is 8.94. The maximum absolute atomic E-state index is 13.2. The lowest BCUT2D eigenvalue weighted by Crippen LogP contribution is -2.44. The van der Waals surface area contributed by atoms with Gasteiger partial charge in [0.2, 0.25) is 0 Å². The zero-order valence-corrected chi connectivity index (χ0v) is 19.8. The summed E-state index contributed by atoms with van der Waals surface area (Å²) in [6, 6.07) is 9.71. The second-order valence-electron chi connectivity index (χ2n) is 8.94. The number of amides is 2. The van der Waals surface area contributed by atoms with Gasteiger partial charge >= 0.3 is 18.4 Å². The van der Waals surface area contributed by atoms with E-state index in [4.69, 9.17) is 9.26 Å². The molecule has 37 heavy (non-hydrogen) atoms. The van der Waals surface area contributed by atoms with Crippen molar-refractivity contribution in [1.29, 1.82) is 0 Å². The van der Waals surface area contributed by atoms with Crippen LogP contribution in [-0.2, 0) is 35.8 Å². The number of benzene rings is 2. The van der Waals surface area contributed by atoms with Gasteiger partial charge in [0.1, 0.15) is 11.3 Å². The van der Waals surface area contributed by atoms with E-state index in [2.05, 4.69) is 10.5 Å². The minimum absolute atomic E-state index is 0.0682. The lowest BCUT2D eigenvalue weighted by molar-refractivity contribution is -0.143. The predicted octanol–water partition coefficient (Wildman–Crippen LogP) is 5.97. The number of halogens is 6. The monoisotopic (exact) mass is 527 g/mol. The molecule has 1 atom stereocenters. The lowest BCUT2D eigenvalue weighted by Gasteiger charge is -2.29. The first-order chi connectivity index (χ1) is 17.3. The van der Waals surface area contributed by atoms with Crippen molar-refractivity contribution < 1.29 is 40.4 Å². The highest BCUT2D eigenvalue weighted by Gasteiger charge is 2.44. The smallest absolute Gasteiger partial charge is 0.374 e. The first-order valence-electron chi connectivity index (χ1n) is 11.2. The largest absolute Gasteiger partial charge is 0.416 e. The molecule has 1 fully saturated rings. The molecular weight excluding hydrogens is 504 g/mol. The minimum Gasteiger partial charge on any atom is -0.374 e. The third-order valence-electron chi connectivity index (χ3n) is 6.22. The van der Waals surface area contributed by atoms with E-state index >= 15 is 0 Å². The first kappa shape index (κ1) is 26.5. The fraction of sp³-hybridized carbons (Fsp3) is 0.360. The van der Waals surface area contributed by atoms with Gasteiger partial charge in [-0.05, 0) is 43.2 Å². The van der Waals surface area contributed by atoms with E-state index in [1.807, 2.05) is 0 Å². The number of ether oxygens (including phenoxy) is 1. The lowest BCUT2D eigenvalue weighted by atomic mass is 9.91. The van der Waals surface area contributed by atoms with Gasteiger partial charge in [0.25, 0.3) is 0 Å². The van der Waals surface area contributed by atoms with Gasteiger partial charge in [-0.2, -0.15) is 26.3 Å². The van der Waals surface area contributed by atoms with E-state index in [0.717, 1.165) is 5.56 Å². The molecule has 1 N–H and O–H groups in total. The molecule has 0 radical (unpaired) electrons. The normalized spacial score (nSPS) is 18.4. The van der Waals surface area contributed by atoms with Crippen LogP contribution in [0.25, 0.3) is 0 Å². The summed E-state index contributed by atoms with van der Waals surface area (Å²) in [7, 11) is 0. The number of hydrogen-bond acceptors (Lipinski definition) is 4. The Morgan fingerprint density at radius 3 is 2.19 bits per heavy atom. The molecule has 2 heterocycles. The summed E-state index contributed by atoms with van der Waals surface area (Å²) < 4.78 is 90.1. The van der Waals surface area contributed by atoms with Crippen LogP contribution in [0.4, 0.5) is 31.1 Å². The number of nitrogens with zero attached hydrogens (tertiary/aromatic N) is 2. The van der Waals surface area contributed by atoms with Crippen LogP contribution in [0.1, 0.15) is 39.3 Å². The van der Waals surface area contributed by atoms with Gasteiger partial charge in [-0.25, -0.2) is 4.79 Å². The molecule has 4 rings (SSSR count). The zero-order chi connectivity index (χ0) is 27.0. The number of urea groups is 1. The maximum atomic E-state index is 13.2. The molecule has 12 heteroatoms. The van der Waals surface area contributed by atoms with E-state index < -0.39 is 41.7 Å². The van der Waals surface area contributed by atoms with Crippen LogP contribution < -0.4 is 5.32 Å². The zero-order valence-electron chi connectivity index (χ0n) is 19.8. The maximum Gasteiger partial charge on any atom is 0.416 e. The molecule has 1 aliphatic heterocycles. The average molecular weight is 527 g/mol.